The second-order valence-electron chi connectivity index (χ2n) is 6.48. The van der Waals surface area contributed by atoms with Crippen LogP contribution in [0.4, 0.5) is 5.69 Å². The molecule has 0 saturated carbocycles. The number of nitrogens with one attached hydrogen (secondary N) is 1. The monoisotopic (exact) mass is 308 g/mol. The van der Waals surface area contributed by atoms with Gasteiger partial charge in [-0.05, 0) is 40.8 Å². The van der Waals surface area contributed by atoms with Gasteiger partial charge in [-0.1, -0.05) is 45.1 Å². The van der Waals surface area contributed by atoms with Crippen molar-refractivity contribution in [2.45, 2.75) is 26.2 Å². The molecule has 0 aliphatic rings. The third kappa shape index (κ3) is 4.68. The zero-order chi connectivity index (χ0) is 16.9. The normalized spacial score (nSPS) is 11.6. The van der Waals surface area contributed by atoms with Crippen LogP contribution in [-0.4, -0.2) is 17.5 Å². The van der Waals surface area contributed by atoms with Gasteiger partial charge in [-0.2, -0.15) is 0 Å². The van der Waals surface area contributed by atoms with E-state index in [0.29, 0.717) is 6.54 Å². The van der Waals surface area contributed by atoms with Crippen molar-refractivity contribution < 1.29 is 0 Å². The van der Waals surface area contributed by atoms with Gasteiger partial charge in [0, 0.05) is 24.6 Å². The molecular formula is C19H24N4. The molecule has 3 N–H and O–H groups in total. The van der Waals surface area contributed by atoms with Gasteiger partial charge in [0.15, 0.2) is 5.96 Å². The zero-order valence-electron chi connectivity index (χ0n) is 14.0. The molecule has 0 radical (unpaired) electrons. The van der Waals surface area contributed by atoms with Gasteiger partial charge in [0.05, 0.1) is 0 Å². The van der Waals surface area contributed by atoms with Crippen molar-refractivity contribution in [1.29, 1.82) is 5.41 Å². The Bertz CT molecular complexity index is 667. The van der Waals surface area contributed by atoms with Crippen LogP contribution >= 0.6 is 0 Å². The van der Waals surface area contributed by atoms with Gasteiger partial charge in [0.2, 0.25) is 0 Å². The Balaban J connectivity index is 2.12. The molecule has 1 heterocycles. The Kier molecular flexibility index (Phi) is 5.16. The fourth-order valence-corrected chi connectivity index (χ4v) is 2.25. The number of aromatic nitrogens is 1. The highest BCUT2D eigenvalue weighted by molar-refractivity contribution is 5.92. The predicted octanol–water partition coefficient (Wildman–Crippen LogP) is 3.79. The van der Waals surface area contributed by atoms with E-state index in [9.17, 15) is 0 Å². The van der Waals surface area contributed by atoms with E-state index in [2.05, 4.69) is 37.9 Å². The minimum atomic E-state index is 0.0351. The number of nitrogens with two attached hydrogens (primary N) is 1. The Morgan fingerprint density at radius 3 is 2.26 bits per heavy atom. The second kappa shape index (κ2) is 7.09. The summed E-state index contributed by atoms with van der Waals surface area (Å²) in [7, 11) is 0. The lowest BCUT2D eigenvalue weighted by Crippen LogP contribution is -2.36. The van der Waals surface area contributed by atoms with Crippen LogP contribution in [0.15, 0.2) is 54.9 Å². The Morgan fingerprint density at radius 2 is 1.74 bits per heavy atom. The zero-order valence-corrected chi connectivity index (χ0v) is 14.0. The Hall–Kier alpha value is -2.62. The lowest BCUT2D eigenvalue weighted by atomic mass is 9.87. The van der Waals surface area contributed by atoms with Gasteiger partial charge in [0.1, 0.15) is 0 Å². The topological polar surface area (TPSA) is 66.0 Å². The minimum Gasteiger partial charge on any atom is -0.370 e. The first-order valence-electron chi connectivity index (χ1n) is 7.66. The number of nitrogens with zero attached hydrogens (tertiary/aromatic N) is 2. The molecule has 2 rings (SSSR count). The first kappa shape index (κ1) is 16.7. The van der Waals surface area contributed by atoms with Gasteiger partial charge in [0.25, 0.3) is 0 Å². The van der Waals surface area contributed by atoms with E-state index in [1.165, 1.54) is 5.56 Å². The molecule has 0 saturated heterocycles. The average Bonchev–Trinajstić information content (AvgIpc) is 2.51. The third-order valence-corrected chi connectivity index (χ3v) is 3.64. The lowest BCUT2D eigenvalue weighted by molar-refractivity contribution is 0.590. The van der Waals surface area contributed by atoms with Crippen molar-refractivity contribution in [2.75, 3.05) is 11.4 Å². The smallest absolute Gasteiger partial charge is 0.193 e. The van der Waals surface area contributed by atoms with Crippen molar-refractivity contribution in [3.8, 4) is 0 Å². The van der Waals surface area contributed by atoms with Gasteiger partial charge >= 0.3 is 0 Å². The van der Waals surface area contributed by atoms with Crippen molar-refractivity contribution >= 4 is 17.7 Å². The van der Waals surface area contributed by atoms with Gasteiger partial charge in [-0.25, -0.2) is 0 Å². The van der Waals surface area contributed by atoms with Crippen molar-refractivity contribution in [2.24, 2.45) is 5.73 Å². The number of anilines is 1. The first-order chi connectivity index (χ1) is 10.9. The molecule has 0 fully saturated rings. The molecule has 4 heteroatoms. The second-order valence-corrected chi connectivity index (χ2v) is 6.48. The summed E-state index contributed by atoms with van der Waals surface area (Å²) in [5.74, 6) is 0.0351. The van der Waals surface area contributed by atoms with Crippen LogP contribution in [-0.2, 0) is 5.41 Å². The fourth-order valence-electron chi connectivity index (χ4n) is 2.25. The Morgan fingerprint density at radius 1 is 1.13 bits per heavy atom. The molecule has 2 aromatic rings. The van der Waals surface area contributed by atoms with Crippen LogP contribution in [0.2, 0.25) is 0 Å². The van der Waals surface area contributed by atoms with Crippen molar-refractivity contribution in [1.82, 2.24) is 4.98 Å². The molecule has 0 unspecified atom stereocenters. The average molecular weight is 308 g/mol. The maximum absolute atomic E-state index is 7.81. The molecule has 4 nitrogen and oxygen atoms in total. The number of rotatable bonds is 4. The van der Waals surface area contributed by atoms with Crippen LogP contribution in [0.1, 0.15) is 31.9 Å². The summed E-state index contributed by atoms with van der Waals surface area (Å²) in [5, 5.41) is 7.81. The molecule has 1 aromatic heterocycles. The first-order valence-corrected chi connectivity index (χ1v) is 7.66. The molecule has 120 valence electrons. The molecule has 1 aromatic carbocycles. The van der Waals surface area contributed by atoms with Crippen LogP contribution in [0.5, 0.6) is 0 Å². The number of hydrogen-bond acceptors (Lipinski definition) is 2. The SMILES string of the molecule is CC(C)(C)c1ccc(N(CC=Cc2ccncc2)C(=N)N)cc1. The van der Waals surface area contributed by atoms with E-state index in [1.54, 1.807) is 17.3 Å². The quantitative estimate of drug-likeness (QED) is 0.667. The Labute approximate surface area is 138 Å². The number of pyridine rings is 1. The third-order valence-electron chi connectivity index (χ3n) is 3.64. The minimum absolute atomic E-state index is 0.0351. The maximum Gasteiger partial charge on any atom is 0.193 e. The summed E-state index contributed by atoms with van der Waals surface area (Å²) in [4.78, 5) is 5.76. The molecule has 0 aliphatic heterocycles. The van der Waals surface area contributed by atoms with E-state index < -0.39 is 0 Å². The highest BCUT2D eigenvalue weighted by atomic mass is 15.2. The van der Waals surface area contributed by atoms with Crippen molar-refractivity contribution in [3.05, 3.63) is 66.0 Å². The summed E-state index contributed by atoms with van der Waals surface area (Å²) >= 11 is 0. The van der Waals surface area contributed by atoms with Gasteiger partial charge < -0.3 is 10.6 Å². The molecular weight excluding hydrogens is 284 g/mol. The molecule has 23 heavy (non-hydrogen) atoms. The van der Waals surface area contributed by atoms with E-state index in [-0.39, 0.29) is 11.4 Å². The summed E-state index contributed by atoms with van der Waals surface area (Å²) in [6.45, 7) is 7.10. The highest BCUT2D eigenvalue weighted by Gasteiger charge is 2.14. The molecule has 0 atom stereocenters. The summed E-state index contributed by atoms with van der Waals surface area (Å²) in [6.07, 6.45) is 7.51. The maximum atomic E-state index is 7.81. The van der Waals surface area contributed by atoms with Gasteiger partial charge in [-0.15, -0.1) is 0 Å². The van der Waals surface area contributed by atoms with E-state index in [1.807, 2.05) is 36.4 Å². The molecule has 0 aliphatic carbocycles. The van der Waals surface area contributed by atoms with Crippen molar-refractivity contribution in [3.63, 3.8) is 0 Å². The van der Waals surface area contributed by atoms with Crippen LogP contribution in [0.25, 0.3) is 6.08 Å². The van der Waals surface area contributed by atoms with E-state index in [4.69, 9.17) is 11.1 Å². The fraction of sp³-hybridized carbons (Fsp3) is 0.263. The van der Waals surface area contributed by atoms with E-state index in [0.717, 1.165) is 11.3 Å². The van der Waals surface area contributed by atoms with E-state index >= 15 is 0 Å². The largest absolute Gasteiger partial charge is 0.370 e. The van der Waals surface area contributed by atoms with Crippen LogP contribution in [0, 0.1) is 5.41 Å². The number of guanidine groups is 1. The summed E-state index contributed by atoms with van der Waals surface area (Å²) in [6, 6.07) is 12.1. The lowest BCUT2D eigenvalue weighted by Gasteiger charge is -2.24. The van der Waals surface area contributed by atoms with Crippen LogP contribution in [0.3, 0.4) is 0 Å². The molecule has 0 bridgehead atoms. The summed E-state index contributed by atoms with van der Waals surface area (Å²) in [5.41, 5.74) is 9.11. The number of hydrogen-bond donors (Lipinski definition) is 2. The summed E-state index contributed by atoms with van der Waals surface area (Å²) < 4.78 is 0. The predicted molar refractivity (Wildman–Crippen MR) is 97.7 cm³/mol. The molecule has 0 amide bonds. The standard InChI is InChI=1S/C19H24N4/c1-19(2,3)16-6-8-17(9-7-16)23(18(20)21)14-4-5-15-10-12-22-13-11-15/h4-13H,14H2,1-3H3,(H3,20,21). The highest BCUT2D eigenvalue weighted by Crippen LogP contribution is 2.24. The van der Waals surface area contributed by atoms with Crippen LogP contribution < -0.4 is 10.6 Å². The van der Waals surface area contributed by atoms with Gasteiger partial charge in [-0.3, -0.25) is 10.4 Å². The number of benzene rings is 1. The molecule has 0 spiro atoms.